The number of rotatable bonds is 6. The monoisotopic (exact) mass is 445 g/mol. The van der Waals surface area contributed by atoms with Crippen LogP contribution in [-0.4, -0.2) is 44.6 Å². The van der Waals surface area contributed by atoms with Gasteiger partial charge >= 0.3 is 0 Å². The van der Waals surface area contributed by atoms with Gasteiger partial charge in [-0.15, -0.1) is 0 Å². The number of para-hydroxylation sites is 1. The summed E-state index contributed by atoms with van der Waals surface area (Å²) >= 11 is 0. The summed E-state index contributed by atoms with van der Waals surface area (Å²) in [5.74, 6) is 0.870. The number of hydrogen-bond donors (Lipinski definition) is 2. The number of nitrogens with one attached hydrogen (secondary N) is 2. The highest BCUT2D eigenvalue weighted by molar-refractivity contribution is 5.92. The highest BCUT2D eigenvalue weighted by atomic mass is 16.3. The molecule has 0 unspecified atom stereocenters. The van der Waals surface area contributed by atoms with Crippen molar-refractivity contribution in [2.45, 2.75) is 31.7 Å². The maximum absolute atomic E-state index is 13.0. The molecule has 8 nitrogen and oxygen atoms in total. The Kier molecular flexibility index (Phi) is 5.73. The average molecular weight is 446 g/mol. The van der Waals surface area contributed by atoms with E-state index in [2.05, 4.69) is 38.4 Å². The molecule has 0 saturated carbocycles. The van der Waals surface area contributed by atoms with Crippen LogP contribution < -0.4 is 5.32 Å². The van der Waals surface area contributed by atoms with E-state index >= 15 is 0 Å². The largest absolute Gasteiger partial charge is 0.467 e. The number of aromatic nitrogens is 3. The van der Waals surface area contributed by atoms with E-state index in [1.165, 1.54) is 0 Å². The molecule has 1 aromatic carbocycles. The van der Waals surface area contributed by atoms with Crippen molar-refractivity contribution >= 4 is 22.7 Å². The number of carbonyl (C=O) groups excluding carboxylic acids is 2. The zero-order valence-corrected chi connectivity index (χ0v) is 18.6. The normalized spacial score (nSPS) is 14.6. The number of furan rings is 1. The number of nitrogens with zero attached hydrogens (tertiary/aromatic N) is 3. The molecule has 1 aliphatic heterocycles. The minimum Gasteiger partial charge on any atom is -0.467 e. The first kappa shape index (κ1) is 21.1. The van der Waals surface area contributed by atoms with Crippen LogP contribution in [0.1, 0.15) is 46.3 Å². The number of fused-ring (bicyclic) bond motifs is 1. The maximum atomic E-state index is 13.0. The molecule has 33 heavy (non-hydrogen) atoms. The second kappa shape index (κ2) is 8.97. The van der Waals surface area contributed by atoms with Crippen molar-refractivity contribution in [3.8, 4) is 0 Å². The Morgan fingerprint density at radius 1 is 1.18 bits per heavy atom. The number of amides is 2. The molecule has 5 rings (SSSR count). The van der Waals surface area contributed by atoms with E-state index in [1.54, 1.807) is 12.3 Å². The summed E-state index contributed by atoms with van der Waals surface area (Å²) in [4.78, 5) is 27.3. The lowest BCUT2D eigenvalue weighted by Gasteiger charge is -2.31. The lowest BCUT2D eigenvalue weighted by Crippen LogP contribution is -2.38. The van der Waals surface area contributed by atoms with Crippen molar-refractivity contribution in [2.24, 2.45) is 7.05 Å². The lowest BCUT2D eigenvalue weighted by molar-refractivity contribution is -0.131. The van der Waals surface area contributed by atoms with E-state index in [4.69, 9.17) is 4.42 Å². The van der Waals surface area contributed by atoms with Crippen molar-refractivity contribution < 1.29 is 14.0 Å². The third-order valence-corrected chi connectivity index (χ3v) is 6.44. The Balaban J connectivity index is 1.15. The fraction of sp³-hybridized carbons (Fsp3) is 0.320. The van der Waals surface area contributed by atoms with E-state index < -0.39 is 0 Å². The minimum absolute atomic E-state index is 0.160. The Bertz CT molecular complexity index is 1260. The van der Waals surface area contributed by atoms with Gasteiger partial charge in [0, 0.05) is 48.8 Å². The number of H-pyrrole nitrogens is 1. The van der Waals surface area contributed by atoms with Gasteiger partial charge in [0.1, 0.15) is 11.5 Å². The first-order valence-electron chi connectivity index (χ1n) is 11.2. The summed E-state index contributed by atoms with van der Waals surface area (Å²) in [7, 11) is 2.01. The van der Waals surface area contributed by atoms with E-state index in [1.807, 2.05) is 36.2 Å². The summed E-state index contributed by atoms with van der Waals surface area (Å²) in [6.07, 6.45) is 5.73. The van der Waals surface area contributed by atoms with Crippen LogP contribution in [-0.2, 0) is 24.8 Å². The van der Waals surface area contributed by atoms with Crippen LogP contribution in [0.5, 0.6) is 0 Å². The smallest absolute Gasteiger partial charge is 0.272 e. The molecule has 170 valence electrons. The van der Waals surface area contributed by atoms with Crippen LogP contribution in [0.15, 0.2) is 59.3 Å². The van der Waals surface area contributed by atoms with E-state index in [-0.39, 0.29) is 17.7 Å². The molecule has 0 aliphatic carbocycles. The van der Waals surface area contributed by atoms with E-state index in [0.29, 0.717) is 37.5 Å². The van der Waals surface area contributed by atoms with Crippen LogP contribution in [0.25, 0.3) is 10.9 Å². The second-order valence-corrected chi connectivity index (χ2v) is 8.58. The van der Waals surface area contributed by atoms with Crippen molar-refractivity contribution in [2.75, 3.05) is 13.1 Å². The van der Waals surface area contributed by atoms with Crippen molar-refractivity contribution in [1.29, 1.82) is 0 Å². The molecule has 0 radical (unpaired) electrons. The van der Waals surface area contributed by atoms with Gasteiger partial charge in [0.15, 0.2) is 0 Å². The SMILES string of the molecule is Cn1cc(CC(=O)N2CCC(c3cc(C(=O)NCc4ccco4)n[nH]3)CC2)c2ccccc21. The molecular formula is C25H27N5O3. The number of hydrogen-bond acceptors (Lipinski definition) is 4. The molecule has 1 aliphatic rings. The Morgan fingerprint density at radius 2 is 2.00 bits per heavy atom. The van der Waals surface area contributed by atoms with Gasteiger partial charge in [0.05, 0.1) is 19.2 Å². The fourth-order valence-corrected chi connectivity index (χ4v) is 4.61. The predicted octanol–water partition coefficient (Wildman–Crippen LogP) is 3.37. The third kappa shape index (κ3) is 4.41. The molecule has 0 atom stereocenters. The number of carbonyl (C=O) groups is 2. The first-order valence-corrected chi connectivity index (χ1v) is 11.2. The summed E-state index contributed by atoms with van der Waals surface area (Å²) in [5, 5.41) is 11.1. The summed E-state index contributed by atoms with van der Waals surface area (Å²) in [6, 6.07) is 13.6. The van der Waals surface area contributed by atoms with Crippen LogP contribution in [0, 0.1) is 0 Å². The predicted molar refractivity (Wildman–Crippen MR) is 124 cm³/mol. The van der Waals surface area contributed by atoms with Crippen LogP contribution in [0.2, 0.25) is 0 Å². The van der Waals surface area contributed by atoms with Crippen LogP contribution in [0.4, 0.5) is 0 Å². The number of benzene rings is 1. The molecule has 0 spiro atoms. The Labute approximate surface area is 191 Å². The molecule has 0 bridgehead atoms. The third-order valence-electron chi connectivity index (χ3n) is 6.44. The molecule has 2 amide bonds. The topological polar surface area (TPSA) is 96.2 Å². The van der Waals surface area contributed by atoms with Gasteiger partial charge in [0.25, 0.3) is 5.91 Å². The van der Waals surface area contributed by atoms with Crippen molar-refractivity contribution in [1.82, 2.24) is 25.0 Å². The molecular weight excluding hydrogens is 418 g/mol. The van der Waals surface area contributed by atoms with Gasteiger partial charge in [-0.2, -0.15) is 5.10 Å². The highest BCUT2D eigenvalue weighted by Crippen LogP contribution is 2.28. The summed E-state index contributed by atoms with van der Waals surface area (Å²) in [6.45, 7) is 1.73. The summed E-state index contributed by atoms with van der Waals surface area (Å²) < 4.78 is 7.31. The maximum Gasteiger partial charge on any atom is 0.272 e. The summed E-state index contributed by atoms with van der Waals surface area (Å²) in [5.41, 5.74) is 3.52. The van der Waals surface area contributed by atoms with Gasteiger partial charge < -0.3 is 19.2 Å². The van der Waals surface area contributed by atoms with Gasteiger partial charge in [-0.25, -0.2) is 0 Å². The zero-order chi connectivity index (χ0) is 22.8. The van der Waals surface area contributed by atoms with Crippen LogP contribution >= 0.6 is 0 Å². The number of aromatic amines is 1. The molecule has 3 aromatic heterocycles. The number of aryl methyl sites for hydroxylation is 1. The Morgan fingerprint density at radius 3 is 2.79 bits per heavy atom. The van der Waals surface area contributed by atoms with E-state index in [9.17, 15) is 9.59 Å². The zero-order valence-electron chi connectivity index (χ0n) is 18.6. The average Bonchev–Trinajstić information content (AvgIpc) is 3.59. The van der Waals surface area contributed by atoms with E-state index in [0.717, 1.165) is 35.0 Å². The standard InChI is InChI=1S/C25H27N5O3/c1-29-16-18(20-6-2-3-7-23(20)29)13-24(31)30-10-8-17(9-11-30)21-14-22(28-27-21)25(32)26-15-19-5-4-12-33-19/h2-7,12,14,16-17H,8-11,13,15H2,1H3,(H,26,32)(H,27,28). The quantitative estimate of drug-likeness (QED) is 0.476. The first-order chi connectivity index (χ1) is 16.1. The fourth-order valence-electron chi connectivity index (χ4n) is 4.61. The molecule has 4 aromatic rings. The Hall–Kier alpha value is -3.81. The van der Waals surface area contributed by atoms with Gasteiger partial charge in [-0.3, -0.25) is 14.7 Å². The van der Waals surface area contributed by atoms with Crippen molar-refractivity contribution in [3.63, 3.8) is 0 Å². The number of likely N-dealkylation sites (tertiary alicyclic amines) is 1. The molecule has 1 fully saturated rings. The van der Waals surface area contributed by atoms with Crippen molar-refractivity contribution in [3.05, 3.63) is 77.6 Å². The van der Waals surface area contributed by atoms with Crippen LogP contribution in [0.3, 0.4) is 0 Å². The lowest BCUT2D eigenvalue weighted by atomic mass is 9.93. The second-order valence-electron chi connectivity index (χ2n) is 8.58. The minimum atomic E-state index is -0.239. The number of piperidine rings is 1. The van der Waals surface area contributed by atoms with Gasteiger partial charge in [-0.1, -0.05) is 18.2 Å². The van der Waals surface area contributed by atoms with Gasteiger partial charge in [-0.05, 0) is 42.7 Å². The molecule has 8 heteroatoms. The van der Waals surface area contributed by atoms with Gasteiger partial charge in [0.2, 0.25) is 5.91 Å². The molecule has 4 heterocycles. The highest BCUT2D eigenvalue weighted by Gasteiger charge is 2.26. The molecule has 2 N–H and O–H groups in total. The molecule has 1 saturated heterocycles.